The molecule has 2 unspecified atom stereocenters. The molecule has 2 N–H and O–H groups in total. The van der Waals surface area contributed by atoms with Crippen LogP contribution in [-0.2, 0) is 4.79 Å². The summed E-state index contributed by atoms with van der Waals surface area (Å²) < 4.78 is 36.2. The normalized spacial score (nSPS) is 20.6. The van der Waals surface area contributed by atoms with Crippen LogP contribution in [0.2, 0.25) is 0 Å². The molecule has 1 amide bonds. The monoisotopic (exact) mass is 268 g/mol. The van der Waals surface area contributed by atoms with Crippen molar-refractivity contribution in [3.8, 4) is 0 Å². The Labute approximate surface area is 104 Å². The quantitative estimate of drug-likeness (QED) is 0.796. The summed E-state index contributed by atoms with van der Waals surface area (Å²) in [6, 6.07) is -0.708. The van der Waals surface area contributed by atoms with Crippen LogP contribution in [-0.4, -0.2) is 53.9 Å². The van der Waals surface area contributed by atoms with Crippen molar-refractivity contribution in [2.75, 3.05) is 19.6 Å². The summed E-state index contributed by atoms with van der Waals surface area (Å²) in [6.45, 7) is 2.17. The second kappa shape index (κ2) is 6.38. The van der Waals surface area contributed by atoms with Gasteiger partial charge in [0, 0.05) is 19.6 Å². The highest BCUT2D eigenvalue weighted by molar-refractivity contribution is 5.81. The van der Waals surface area contributed by atoms with Gasteiger partial charge in [0.15, 0.2) is 6.10 Å². The summed E-state index contributed by atoms with van der Waals surface area (Å²) >= 11 is 0. The van der Waals surface area contributed by atoms with Crippen LogP contribution < -0.4 is 5.32 Å². The number of hydrogen-bond acceptors (Lipinski definition) is 3. The van der Waals surface area contributed by atoms with E-state index in [9.17, 15) is 18.0 Å². The minimum absolute atomic E-state index is 0.205. The first-order chi connectivity index (χ1) is 8.32. The second-order valence-corrected chi connectivity index (χ2v) is 4.57. The second-order valence-electron chi connectivity index (χ2n) is 4.57. The van der Waals surface area contributed by atoms with Gasteiger partial charge in [0.25, 0.3) is 0 Å². The lowest BCUT2D eigenvalue weighted by molar-refractivity contribution is -0.202. The van der Waals surface area contributed by atoms with Crippen molar-refractivity contribution in [1.29, 1.82) is 0 Å². The van der Waals surface area contributed by atoms with Gasteiger partial charge >= 0.3 is 6.18 Å². The summed E-state index contributed by atoms with van der Waals surface area (Å²) in [7, 11) is 0. The fourth-order valence-corrected chi connectivity index (χ4v) is 1.88. The average Bonchev–Trinajstić information content (AvgIpc) is 2.34. The first kappa shape index (κ1) is 15.2. The molecular formula is C11H19F3N2O2. The predicted octanol–water partition coefficient (Wildman–Crippen LogP) is 0.900. The number of piperidine rings is 1. The maximum Gasteiger partial charge on any atom is 0.415 e. The van der Waals surface area contributed by atoms with Gasteiger partial charge in [-0.1, -0.05) is 0 Å². The third-order valence-corrected chi connectivity index (χ3v) is 3.03. The molecular weight excluding hydrogens is 249 g/mol. The van der Waals surface area contributed by atoms with Crippen molar-refractivity contribution in [2.45, 2.75) is 44.5 Å². The zero-order valence-electron chi connectivity index (χ0n) is 10.3. The Morgan fingerprint density at radius 2 is 1.89 bits per heavy atom. The number of aliphatic hydroxyl groups is 1. The predicted molar refractivity (Wildman–Crippen MR) is 60.0 cm³/mol. The molecule has 106 valence electrons. The minimum Gasteiger partial charge on any atom is -0.382 e. The highest BCUT2D eigenvalue weighted by Crippen LogP contribution is 2.19. The molecule has 1 saturated heterocycles. The number of nitrogens with one attached hydrogen (secondary N) is 1. The van der Waals surface area contributed by atoms with E-state index in [1.807, 2.05) is 0 Å². The first-order valence-corrected chi connectivity index (χ1v) is 6.09. The SMILES string of the molecule is CC(NCC(O)C(F)(F)F)C(=O)N1CCCCC1. The Hall–Kier alpha value is -0.820. The van der Waals surface area contributed by atoms with Crippen LogP contribution >= 0.6 is 0 Å². The topological polar surface area (TPSA) is 52.6 Å². The molecule has 0 spiro atoms. The van der Waals surface area contributed by atoms with Gasteiger partial charge in [0.1, 0.15) is 0 Å². The van der Waals surface area contributed by atoms with Crippen LogP contribution in [0, 0.1) is 0 Å². The Morgan fingerprint density at radius 3 is 2.39 bits per heavy atom. The molecule has 0 saturated carbocycles. The van der Waals surface area contributed by atoms with E-state index >= 15 is 0 Å². The summed E-state index contributed by atoms with van der Waals surface area (Å²) in [6.07, 6.45) is -4.14. The molecule has 2 atom stereocenters. The zero-order chi connectivity index (χ0) is 13.8. The number of nitrogens with zero attached hydrogens (tertiary/aromatic N) is 1. The molecule has 1 rings (SSSR count). The molecule has 4 nitrogen and oxygen atoms in total. The number of rotatable bonds is 4. The average molecular weight is 268 g/mol. The van der Waals surface area contributed by atoms with E-state index in [2.05, 4.69) is 5.32 Å². The fourth-order valence-electron chi connectivity index (χ4n) is 1.88. The van der Waals surface area contributed by atoms with Gasteiger partial charge in [0.05, 0.1) is 6.04 Å². The number of halogens is 3. The highest BCUT2D eigenvalue weighted by atomic mass is 19.4. The molecule has 0 radical (unpaired) electrons. The third kappa shape index (κ3) is 4.45. The van der Waals surface area contributed by atoms with Gasteiger partial charge in [-0.15, -0.1) is 0 Å². The molecule has 0 aromatic heterocycles. The van der Waals surface area contributed by atoms with Gasteiger partial charge in [0.2, 0.25) is 5.91 Å². The Bertz CT molecular complexity index is 278. The smallest absolute Gasteiger partial charge is 0.382 e. The molecule has 1 heterocycles. The van der Waals surface area contributed by atoms with Gasteiger partial charge in [-0.25, -0.2) is 0 Å². The molecule has 1 aliphatic heterocycles. The number of likely N-dealkylation sites (tertiary alicyclic amines) is 1. The lowest BCUT2D eigenvalue weighted by Gasteiger charge is -2.30. The molecule has 0 bridgehead atoms. The third-order valence-electron chi connectivity index (χ3n) is 3.03. The van der Waals surface area contributed by atoms with Crippen LogP contribution in [0.25, 0.3) is 0 Å². The molecule has 0 aromatic rings. The van der Waals surface area contributed by atoms with E-state index in [1.165, 1.54) is 6.92 Å². The van der Waals surface area contributed by atoms with Gasteiger partial charge in [-0.05, 0) is 26.2 Å². The van der Waals surface area contributed by atoms with E-state index in [0.717, 1.165) is 19.3 Å². The van der Waals surface area contributed by atoms with Gasteiger partial charge in [-0.2, -0.15) is 13.2 Å². The summed E-state index contributed by atoms with van der Waals surface area (Å²) in [5.41, 5.74) is 0. The number of carbonyl (C=O) groups is 1. The van der Waals surface area contributed by atoms with Crippen molar-refractivity contribution >= 4 is 5.91 Å². The number of alkyl halides is 3. The Morgan fingerprint density at radius 1 is 1.33 bits per heavy atom. The van der Waals surface area contributed by atoms with E-state index in [4.69, 9.17) is 5.11 Å². The van der Waals surface area contributed by atoms with Crippen molar-refractivity contribution in [3.05, 3.63) is 0 Å². The minimum atomic E-state index is -4.65. The van der Waals surface area contributed by atoms with Crippen LogP contribution in [0.15, 0.2) is 0 Å². The standard InChI is InChI=1S/C11H19F3N2O2/c1-8(15-7-9(17)11(12,13)14)10(18)16-5-3-2-4-6-16/h8-9,15,17H,2-7H2,1H3. The van der Waals surface area contributed by atoms with E-state index in [1.54, 1.807) is 4.90 Å². The number of amides is 1. The lowest BCUT2D eigenvalue weighted by Crippen LogP contribution is -2.50. The fraction of sp³-hybridized carbons (Fsp3) is 0.909. The summed E-state index contributed by atoms with van der Waals surface area (Å²) in [5, 5.41) is 11.2. The molecule has 1 fully saturated rings. The Balaban J connectivity index is 2.35. The molecule has 18 heavy (non-hydrogen) atoms. The zero-order valence-corrected chi connectivity index (χ0v) is 10.3. The number of hydrogen-bond donors (Lipinski definition) is 2. The lowest BCUT2D eigenvalue weighted by atomic mass is 10.1. The van der Waals surface area contributed by atoms with Crippen molar-refractivity contribution in [2.24, 2.45) is 0 Å². The van der Waals surface area contributed by atoms with E-state index in [-0.39, 0.29) is 5.91 Å². The molecule has 0 aromatic carbocycles. The molecule has 7 heteroatoms. The number of carbonyl (C=O) groups excluding carboxylic acids is 1. The highest BCUT2D eigenvalue weighted by Gasteiger charge is 2.38. The maximum atomic E-state index is 12.1. The molecule has 1 aliphatic rings. The van der Waals surface area contributed by atoms with E-state index in [0.29, 0.717) is 13.1 Å². The first-order valence-electron chi connectivity index (χ1n) is 6.09. The van der Waals surface area contributed by atoms with Crippen molar-refractivity contribution in [1.82, 2.24) is 10.2 Å². The summed E-state index contributed by atoms with van der Waals surface area (Å²) in [5.74, 6) is -0.205. The van der Waals surface area contributed by atoms with Crippen LogP contribution in [0.1, 0.15) is 26.2 Å². The van der Waals surface area contributed by atoms with Crippen LogP contribution in [0.5, 0.6) is 0 Å². The van der Waals surface area contributed by atoms with Crippen LogP contribution in [0.3, 0.4) is 0 Å². The van der Waals surface area contributed by atoms with Crippen molar-refractivity contribution < 1.29 is 23.1 Å². The molecule has 0 aliphatic carbocycles. The van der Waals surface area contributed by atoms with Crippen LogP contribution in [0.4, 0.5) is 13.2 Å². The largest absolute Gasteiger partial charge is 0.415 e. The Kier molecular flexibility index (Phi) is 5.40. The summed E-state index contributed by atoms with van der Waals surface area (Å²) in [4.78, 5) is 13.5. The van der Waals surface area contributed by atoms with Gasteiger partial charge in [-0.3, -0.25) is 4.79 Å². The van der Waals surface area contributed by atoms with Crippen molar-refractivity contribution in [3.63, 3.8) is 0 Å². The number of aliphatic hydroxyl groups excluding tert-OH is 1. The maximum absolute atomic E-state index is 12.1. The van der Waals surface area contributed by atoms with Gasteiger partial charge < -0.3 is 15.3 Å². The van der Waals surface area contributed by atoms with E-state index < -0.39 is 24.9 Å².